The molecule has 0 bridgehead atoms. The fraction of sp³-hybridized carbons (Fsp3) is 0.208. The summed E-state index contributed by atoms with van der Waals surface area (Å²) in [5.74, 6) is 2.24. The summed E-state index contributed by atoms with van der Waals surface area (Å²) in [7, 11) is 0. The molecule has 6 rings (SSSR count). The standard InChI is InChI=1S/C24H21N7O2/c1-14(2)31-24(27-13-28-31)19-10-17-21(12-25-19)33-8-7-30-20-9-15(3-5-18(20)29-23(17)30)16-4-6-22(32)26-11-16/h3-6,9-14H,7-8H2,1-2H3,(H,26,32). The molecule has 0 radical (unpaired) electrons. The quantitative estimate of drug-likeness (QED) is 0.460. The third kappa shape index (κ3) is 3.20. The molecule has 1 aliphatic heterocycles. The fourth-order valence-corrected chi connectivity index (χ4v) is 4.24. The third-order valence-corrected chi connectivity index (χ3v) is 5.84. The largest absolute Gasteiger partial charge is 0.489 e. The molecule has 9 heteroatoms. The van der Waals surface area contributed by atoms with Gasteiger partial charge in [0, 0.05) is 18.3 Å². The van der Waals surface area contributed by atoms with Crippen molar-refractivity contribution in [3.63, 3.8) is 0 Å². The van der Waals surface area contributed by atoms with Crippen molar-refractivity contribution in [3.8, 4) is 39.8 Å². The monoisotopic (exact) mass is 439 g/mol. The van der Waals surface area contributed by atoms with Crippen molar-refractivity contribution in [2.45, 2.75) is 26.4 Å². The van der Waals surface area contributed by atoms with Crippen LogP contribution in [0.2, 0.25) is 0 Å². The van der Waals surface area contributed by atoms with Crippen LogP contribution in [0.1, 0.15) is 19.9 Å². The van der Waals surface area contributed by atoms with Crippen LogP contribution < -0.4 is 10.3 Å². The molecule has 1 aromatic carbocycles. The van der Waals surface area contributed by atoms with Crippen LogP contribution in [0.25, 0.3) is 45.1 Å². The Bertz CT molecular complexity index is 1540. The van der Waals surface area contributed by atoms with Crippen molar-refractivity contribution in [2.24, 2.45) is 0 Å². The van der Waals surface area contributed by atoms with E-state index >= 15 is 0 Å². The minimum Gasteiger partial charge on any atom is -0.489 e. The minimum absolute atomic E-state index is 0.121. The van der Waals surface area contributed by atoms with Gasteiger partial charge in [0.25, 0.3) is 0 Å². The van der Waals surface area contributed by atoms with E-state index in [9.17, 15) is 4.79 Å². The van der Waals surface area contributed by atoms with E-state index in [0.29, 0.717) is 24.7 Å². The van der Waals surface area contributed by atoms with Gasteiger partial charge in [-0.2, -0.15) is 5.10 Å². The molecule has 0 saturated heterocycles. The number of aromatic nitrogens is 7. The van der Waals surface area contributed by atoms with Crippen LogP contribution in [0.15, 0.2) is 59.9 Å². The molecule has 0 spiro atoms. The first kappa shape index (κ1) is 19.4. The van der Waals surface area contributed by atoms with Gasteiger partial charge >= 0.3 is 0 Å². The zero-order chi connectivity index (χ0) is 22.5. The maximum Gasteiger partial charge on any atom is 0.247 e. The second kappa shape index (κ2) is 7.40. The highest BCUT2D eigenvalue weighted by atomic mass is 16.5. The smallest absolute Gasteiger partial charge is 0.247 e. The lowest BCUT2D eigenvalue weighted by molar-refractivity contribution is 0.307. The number of hydrogen-bond donors (Lipinski definition) is 1. The molecule has 0 saturated carbocycles. The second-order valence-corrected chi connectivity index (χ2v) is 8.27. The van der Waals surface area contributed by atoms with E-state index in [4.69, 9.17) is 9.72 Å². The second-order valence-electron chi connectivity index (χ2n) is 8.27. The molecule has 0 aliphatic carbocycles. The Balaban J connectivity index is 1.51. The Morgan fingerprint density at radius 3 is 2.76 bits per heavy atom. The number of nitrogens with one attached hydrogen (secondary N) is 1. The number of nitrogens with zero attached hydrogens (tertiary/aromatic N) is 6. The summed E-state index contributed by atoms with van der Waals surface area (Å²) >= 11 is 0. The molecular weight excluding hydrogens is 418 g/mol. The van der Waals surface area contributed by atoms with E-state index in [1.807, 2.05) is 28.9 Å². The summed E-state index contributed by atoms with van der Waals surface area (Å²) in [5.41, 5.74) is 5.33. The van der Waals surface area contributed by atoms with Crippen molar-refractivity contribution in [1.82, 2.24) is 34.3 Å². The van der Waals surface area contributed by atoms with E-state index in [0.717, 1.165) is 39.2 Å². The molecule has 0 unspecified atom stereocenters. The molecule has 5 heterocycles. The number of imidazole rings is 1. The molecule has 33 heavy (non-hydrogen) atoms. The van der Waals surface area contributed by atoms with Crippen molar-refractivity contribution in [2.75, 3.05) is 6.61 Å². The average molecular weight is 439 g/mol. The molecule has 0 atom stereocenters. The summed E-state index contributed by atoms with van der Waals surface area (Å²) in [4.78, 5) is 28.1. The predicted octanol–water partition coefficient (Wildman–Crippen LogP) is 3.69. The lowest BCUT2D eigenvalue weighted by Crippen LogP contribution is -2.06. The molecule has 9 nitrogen and oxygen atoms in total. The van der Waals surface area contributed by atoms with Crippen LogP contribution in [0.5, 0.6) is 5.75 Å². The Hall–Kier alpha value is -4.27. The van der Waals surface area contributed by atoms with Gasteiger partial charge in [0.1, 0.15) is 30.2 Å². The van der Waals surface area contributed by atoms with Crippen LogP contribution in [0.4, 0.5) is 0 Å². The van der Waals surface area contributed by atoms with E-state index in [1.165, 1.54) is 6.07 Å². The van der Waals surface area contributed by atoms with E-state index in [1.54, 1.807) is 18.7 Å². The van der Waals surface area contributed by atoms with Crippen molar-refractivity contribution >= 4 is 11.0 Å². The van der Waals surface area contributed by atoms with Gasteiger partial charge in [-0.05, 0) is 49.2 Å². The highest BCUT2D eigenvalue weighted by Gasteiger charge is 2.23. The average Bonchev–Trinajstić information content (AvgIpc) is 3.41. The molecule has 1 aliphatic rings. The van der Waals surface area contributed by atoms with E-state index in [2.05, 4.69) is 44.5 Å². The number of pyridine rings is 2. The Labute approximate surface area is 188 Å². The zero-order valence-electron chi connectivity index (χ0n) is 18.2. The predicted molar refractivity (Wildman–Crippen MR) is 124 cm³/mol. The lowest BCUT2D eigenvalue weighted by Gasteiger charge is -2.11. The Kier molecular flexibility index (Phi) is 4.36. The van der Waals surface area contributed by atoms with Crippen molar-refractivity contribution in [3.05, 3.63) is 65.5 Å². The maximum atomic E-state index is 11.4. The SMILES string of the molecule is CC(C)n1ncnc1-c1cc2c(cn1)OCCn1c-2nc2ccc(-c3ccc(=O)[nH]c3)cc21. The fourth-order valence-electron chi connectivity index (χ4n) is 4.24. The highest BCUT2D eigenvalue weighted by molar-refractivity contribution is 5.86. The first-order chi connectivity index (χ1) is 16.1. The van der Waals surface area contributed by atoms with Crippen LogP contribution in [-0.2, 0) is 6.54 Å². The molecule has 164 valence electrons. The van der Waals surface area contributed by atoms with Gasteiger partial charge in [-0.1, -0.05) is 6.07 Å². The number of aromatic amines is 1. The van der Waals surface area contributed by atoms with Gasteiger partial charge in [-0.15, -0.1) is 0 Å². The highest BCUT2D eigenvalue weighted by Crippen LogP contribution is 2.37. The number of hydrogen-bond acceptors (Lipinski definition) is 6. The van der Waals surface area contributed by atoms with Crippen LogP contribution in [0.3, 0.4) is 0 Å². The number of ether oxygens (including phenoxy) is 1. The van der Waals surface area contributed by atoms with Crippen molar-refractivity contribution < 1.29 is 4.74 Å². The maximum absolute atomic E-state index is 11.4. The van der Waals surface area contributed by atoms with Gasteiger partial charge in [0.2, 0.25) is 5.56 Å². The Morgan fingerprint density at radius 1 is 1.06 bits per heavy atom. The van der Waals surface area contributed by atoms with Crippen LogP contribution >= 0.6 is 0 Å². The van der Waals surface area contributed by atoms with Crippen molar-refractivity contribution in [1.29, 1.82) is 0 Å². The minimum atomic E-state index is -0.121. The van der Waals surface area contributed by atoms with E-state index in [-0.39, 0.29) is 11.6 Å². The molecule has 0 amide bonds. The number of fused-ring (bicyclic) bond motifs is 5. The number of rotatable bonds is 3. The molecule has 4 aromatic heterocycles. The summed E-state index contributed by atoms with van der Waals surface area (Å²) in [6.45, 7) is 5.29. The van der Waals surface area contributed by atoms with Gasteiger partial charge in [-0.25, -0.2) is 19.6 Å². The summed E-state index contributed by atoms with van der Waals surface area (Å²) in [6.07, 6.45) is 5.02. The summed E-state index contributed by atoms with van der Waals surface area (Å²) in [6, 6.07) is 11.6. The van der Waals surface area contributed by atoms with Gasteiger partial charge in [0.15, 0.2) is 5.82 Å². The molecule has 1 N–H and O–H groups in total. The number of benzene rings is 1. The summed E-state index contributed by atoms with van der Waals surface area (Å²) < 4.78 is 10.0. The van der Waals surface area contributed by atoms with Gasteiger partial charge in [0.05, 0.1) is 29.3 Å². The third-order valence-electron chi connectivity index (χ3n) is 5.84. The Morgan fingerprint density at radius 2 is 1.94 bits per heavy atom. The zero-order valence-corrected chi connectivity index (χ0v) is 18.2. The topological polar surface area (TPSA) is 104 Å². The van der Waals surface area contributed by atoms with E-state index < -0.39 is 0 Å². The first-order valence-electron chi connectivity index (χ1n) is 10.8. The van der Waals surface area contributed by atoms with Crippen LogP contribution in [-0.4, -0.2) is 40.9 Å². The number of H-pyrrole nitrogens is 1. The molecule has 5 aromatic rings. The molecular formula is C24H21N7O2. The lowest BCUT2D eigenvalue weighted by atomic mass is 10.1. The van der Waals surface area contributed by atoms with Gasteiger partial charge in [-0.3, -0.25) is 4.79 Å². The normalized spacial score (nSPS) is 12.9. The summed E-state index contributed by atoms with van der Waals surface area (Å²) in [5, 5.41) is 4.34. The first-order valence-corrected chi connectivity index (χ1v) is 10.8. The van der Waals surface area contributed by atoms with Crippen LogP contribution in [0, 0.1) is 0 Å². The molecule has 0 fully saturated rings. The van der Waals surface area contributed by atoms with Gasteiger partial charge < -0.3 is 14.3 Å².